The third kappa shape index (κ3) is 3.58. The standard InChI is InChI=1S/C19H18F3N5O3/c1-10-7-16(26-30-10)25-18(28)12-9-23-27-15(19(20,21)22)8-13(24-17(12)27)11-5-3-4-6-14(11)29-2/h3-7,9,13,15,24H,8H2,1-2H3,(H,25,26,28)/t13-,15+/m1/s1. The molecule has 0 fully saturated rings. The van der Waals surface area contributed by atoms with Gasteiger partial charge in [0.2, 0.25) is 0 Å². The maximum absolute atomic E-state index is 13.8. The van der Waals surface area contributed by atoms with Crippen molar-refractivity contribution >= 4 is 17.5 Å². The van der Waals surface area contributed by atoms with Gasteiger partial charge in [-0.25, -0.2) is 4.68 Å². The van der Waals surface area contributed by atoms with Crippen LogP contribution < -0.4 is 15.4 Å². The van der Waals surface area contributed by atoms with Crippen LogP contribution in [0.4, 0.5) is 24.8 Å². The van der Waals surface area contributed by atoms with Crippen LogP contribution in [0.25, 0.3) is 0 Å². The zero-order valence-corrected chi connectivity index (χ0v) is 16.0. The molecule has 2 N–H and O–H groups in total. The second-order valence-corrected chi connectivity index (χ2v) is 6.86. The molecule has 0 unspecified atom stereocenters. The minimum atomic E-state index is -4.56. The molecular weight excluding hydrogens is 403 g/mol. The number of amides is 1. The summed E-state index contributed by atoms with van der Waals surface area (Å²) in [7, 11) is 1.45. The average Bonchev–Trinajstić information content (AvgIpc) is 3.32. The van der Waals surface area contributed by atoms with E-state index in [0.717, 1.165) is 10.9 Å². The molecule has 3 aromatic rings. The number of fused-ring (bicyclic) bond motifs is 1. The number of carbonyl (C=O) groups is 1. The van der Waals surface area contributed by atoms with E-state index in [1.54, 1.807) is 31.2 Å². The van der Waals surface area contributed by atoms with Crippen molar-refractivity contribution in [1.82, 2.24) is 14.9 Å². The fraction of sp³-hybridized carbons (Fsp3) is 0.316. The van der Waals surface area contributed by atoms with E-state index in [1.165, 1.54) is 13.2 Å². The minimum Gasteiger partial charge on any atom is -0.496 e. The first-order valence-corrected chi connectivity index (χ1v) is 9.06. The molecule has 3 heterocycles. The Morgan fingerprint density at radius 3 is 2.80 bits per heavy atom. The molecule has 0 saturated heterocycles. The number of aryl methyl sites for hydroxylation is 1. The molecule has 4 rings (SSSR count). The van der Waals surface area contributed by atoms with Crippen molar-refractivity contribution in [2.24, 2.45) is 0 Å². The highest BCUT2D eigenvalue weighted by atomic mass is 19.4. The van der Waals surface area contributed by atoms with Gasteiger partial charge in [-0.2, -0.15) is 18.3 Å². The maximum Gasteiger partial charge on any atom is 0.410 e. The Balaban J connectivity index is 1.72. The van der Waals surface area contributed by atoms with Crippen molar-refractivity contribution in [3.8, 4) is 5.75 Å². The Kier molecular flexibility index (Phi) is 4.88. The lowest BCUT2D eigenvalue weighted by Gasteiger charge is -2.34. The van der Waals surface area contributed by atoms with Crippen LogP contribution in [0, 0.1) is 6.92 Å². The Labute approximate surface area is 169 Å². The van der Waals surface area contributed by atoms with Gasteiger partial charge in [-0.15, -0.1) is 0 Å². The van der Waals surface area contributed by atoms with Gasteiger partial charge in [-0.1, -0.05) is 23.4 Å². The molecule has 30 heavy (non-hydrogen) atoms. The fourth-order valence-corrected chi connectivity index (χ4v) is 3.50. The molecule has 158 valence electrons. The lowest BCUT2D eigenvalue weighted by atomic mass is 9.95. The Hall–Kier alpha value is -3.50. The normalized spacial score (nSPS) is 18.4. The number of carbonyl (C=O) groups excluding carboxylic acids is 1. The van der Waals surface area contributed by atoms with Crippen LogP contribution in [-0.2, 0) is 0 Å². The molecule has 2 aromatic heterocycles. The molecule has 0 bridgehead atoms. The summed E-state index contributed by atoms with van der Waals surface area (Å²) in [6.45, 7) is 1.65. The first-order valence-electron chi connectivity index (χ1n) is 9.06. The van der Waals surface area contributed by atoms with Crippen LogP contribution >= 0.6 is 0 Å². The fourth-order valence-electron chi connectivity index (χ4n) is 3.50. The third-order valence-electron chi connectivity index (χ3n) is 4.87. The number of aromatic nitrogens is 3. The number of rotatable bonds is 4. The molecule has 2 atom stereocenters. The number of methoxy groups -OCH3 is 1. The number of hydrogen-bond acceptors (Lipinski definition) is 6. The van der Waals surface area contributed by atoms with Crippen LogP contribution in [0.2, 0.25) is 0 Å². The summed E-state index contributed by atoms with van der Waals surface area (Å²) in [4.78, 5) is 12.7. The van der Waals surface area contributed by atoms with Gasteiger partial charge in [0.1, 0.15) is 22.9 Å². The summed E-state index contributed by atoms with van der Waals surface area (Å²) in [6, 6.07) is 5.67. The number of nitrogens with zero attached hydrogens (tertiary/aromatic N) is 3. The zero-order chi connectivity index (χ0) is 21.5. The van der Waals surface area contributed by atoms with E-state index in [-0.39, 0.29) is 23.6 Å². The van der Waals surface area contributed by atoms with E-state index in [2.05, 4.69) is 20.9 Å². The van der Waals surface area contributed by atoms with Gasteiger partial charge in [0.15, 0.2) is 11.9 Å². The van der Waals surface area contributed by atoms with E-state index in [0.29, 0.717) is 17.1 Å². The first-order chi connectivity index (χ1) is 14.3. The highest BCUT2D eigenvalue weighted by Crippen LogP contribution is 2.45. The summed E-state index contributed by atoms with van der Waals surface area (Å²) < 4.78 is 52.4. The van der Waals surface area contributed by atoms with Crippen molar-refractivity contribution in [3.05, 3.63) is 53.4 Å². The van der Waals surface area contributed by atoms with Gasteiger partial charge in [0.05, 0.1) is 19.3 Å². The van der Waals surface area contributed by atoms with E-state index in [4.69, 9.17) is 9.26 Å². The third-order valence-corrected chi connectivity index (χ3v) is 4.87. The lowest BCUT2D eigenvalue weighted by Crippen LogP contribution is -2.36. The predicted molar refractivity (Wildman–Crippen MR) is 100 cm³/mol. The number of nitrogens with one attached hydrogen (secondary N) is 2. The topological polar surface area (TPSA) is 94.2 Å². The molecule has 0 spiro atoms. The van der Waals surface area contributed by atoms with Crippen molar-refractivity contribution in [1.29, 1.82) is 0 Å². The molecule has 0 radical (unpaired) electrons. The molecule has 1 amide bonds. The Morgan fingerprint density at radius 1 is 1.37 bits per heavy atom. The molecule has 0 aliphatic carbocycles. The molecule has 1 aromatic carbocycles. The number of para-hydroxylation sites is 1. The second kappa shape index (κ2) is 7.39. The number of ether oxygens (including phenoxy) is 1. The summed E-state index contributed by atoms with van der Waals surface area (Å²) in [5.74, 6) is 0.402. The van der Waals surface area contributed by atoms with Crippen molar-refractivity contribution in [2.45, 2.75) is 31.6 Å². The summed E-state index contributed by atoms with van der Waals surface area (Å²) in [6.07, 6.45) is -3.75. The zero-order valence-electron chi connectivity index (χ0n) is 16.0. The van der Waals surface area contributed by atoms with Crippen LogP contribution in [0.1, 0.15) is 40.2 Å². The van der Waals surface area contributed by atoms with Crippen LogP contribution in [0.5, 0.6) is 5.75 Å². The van der Waals surface area contributed by atoms with Gasteiger partial charge in [0.25, 0.3) is 5.91 Å². The van der Waals surface area contributed by atoms with E-state index in [1.807, 2.05) is 0 Å². The molecular formula is C19H18F3N5O3. The minimum absolute atomic E-state index is 0.0304. The van der Waals surface area contributed by atoms with Crippen molar-refractivity contribution in [2.75, 3.05) is 17.7 Å². The van der Waals surface area contributed by atoms with Gasteiger partial charge in [-0.3, -0.25) is 4.79 Å². The number of benzene rings is 1. The van der Waals surface area contributed by atoms with Crippen molar-refractivity contribution in [3.63, 3.8) is 0 Å². The quantitative estimate of drug-likeness (QED) is 0.659. The van der Waals surface area contributed by atoms with Crippen LogP contribution in [-0.4, -0.2) is 34.1 Å². The van der Waals surface area contributed by atoms with Crippen molar-refractivity contribution < 1.29 is 27.2 Å². The number of halogens is 3. The summed E-state index contributed by atoms with van der Waals surface area (Å²) in [5, 5.41) is 13.0. The molecule has 11 heteroatoms. The van der Waals surface area contributed by atoms with Gasteiger partial charge < -0.3 is 19.9 Å². The smallest absolute Gasteiger partial charge is 0.410 e. The molecule has 1 aliphatic rings. The second-order valence-electron chi connectivity index (χ2n) is 6.86. The molecule has 1 aliphatic heterocycles. The van der Waals surface area contributed by atoms with Gasteiger partial charge in [0, 0.05) is 18.1 Å². The number of anilines is 2. The Bertz CT molecular complexity index is 1080. The predicted octanol–water partition coefficient (Wildman–Crippen LogP) is 4.10. The van der Waals surface area contributed by atoms with Crippen LogP contribution in [0.15, 0.2) is 41.1 Å². The highest BCUT2D eigenvalue weighted by Gasteiger charge is 2.47. The van der Waals surface area contributed by atoms with E-state index in [9.17, 15) is 18.0 Å². The maximum atomic E-state index is 13.8. The first kappa shape index (κ1) is 19.8. The number of alkyl halides is 3. The van der Waals surface area contributed by atoms with Crippen LogP contribution in [0.3, 0.4) is 0 Å². The monoisotopic (exact) mass is 421 g/mol. The van der Waals surface area contributed by atoms with E-state index >= 15 is 0 Å². The molecule has 8 nitrogen and oxygen atoms in total. The summed E-state index contributed by atoms with van der Waals surface area (Å²) in [5.41, 5.74) is 0.518. The number of hydrogen-bond donors (Lipinski definition) is 2. The van der Waals surface area contributed by atoms with Gasteiger partial charge >= 0.3 is 6.18 Å². The molecule has 0 saturated carbocycles. The SMILES string of the molecule is COc1ccccc1[C@H]1C[C@@H](C(F)(F)F)n2ncc(C(=O)Nc3cc(C)on3)c2N1. The van der Waals surface area contributed by atoms with Gasteiger partial charge in [-0.05, 0) is 13.0 Å². The Morgan fingerprint density at radius 2 is 2.13 bits per heavy atom. The summed E-state index contributed by atoms with van der Waals surface area (Å²) >= 11 is 0. The lowest BCUT2D eigenvalue weighted by molar-refractivity contribution is -0.173. The van der Waals surface area contributed by atoms with E-state index < -0.39 is 24.2 Å². The highest BCUT2D eigenvalue weighted by molar-refractivity contribution is 6.07. The average molecular weight is 421 g/mol. The largest absolute Gasteiger partial charge is 0.496 e.